The zero-order chi connectivity index (χ0) is 12.6. The van der Waals surface area contributed by atoms with E-state index >= 15 is 0 Å². The van der Waals surface area contributed by atoms with Crippen molar-refractivity contribution in [2.75, 3.05) is 19.6 Å². The molecule has 0 amide bonds. The van der Waals surface area contributed by atoms with Crippen LogP contribution >= 0.6 is 0 Å². The van der Waals surface area contributed by atoms with E-state index in [0.29, 0.717) is 0 Å². The first-order chi connectivity index (χ1) is 8.88. The molecular formula is C14H20N2O2. The van der Waals surface area contributed by atoms with Crippen molar-refractivity contribution in [1.82, 2.24) is 10.2 Å². The smallest absolute Gasteiger partial charge is 0.117 e. The quantitative estimate of drug-likeness (QED) is 0.729. The lowest BCUT2D eigenvalue weighted by Crippen LogP contribution is -2.31. The first-order valence-corrected chi connectivity index (χ1v) is 6.35. The van der Waals surface area contributed by atoms with Crippen LogP contribution in [0.3, 0.4) is 0 Å². The van der Waals surface area contributed by atoms with Crippen molar-refractivity contribution in [2.24, 2.45) is 0 Å². The zero-order valence-electron chi connectivity index (χ0n) is 10.8. The standard InChI is InChI=1S/C14H20N2O2/c1-2-16(11-14-4-3-8-18-14)7-6-15-10-13-5-9-17-12-13/h3-5,8-9,12,15H,2,6-7,10-11H2,1H3. The molecule has 0 aromatic carbocycles. The summed E-state index contributed by atoms with van der Waals surface area (Å²) >= 11 is 0. The summed E-state index contributed by atoms with van der Waals surface area (Å²) in [4.78, 5) is 2.35. The molecule has 2 aromatic heterocycles. The monoisotopic (exact) mass is 248 g/mol. The van der Waals surface area contributed by atoms with Crippen molar-refractivity contribution in [2.45, 2.75) is 20.0 Å². The summed E-state index contributed by atoms with van der Waals surface area (Å²) in [6, 6.07) is 5.93. The van der Waals surface area contributed by atoms with Crippen molar-refractivity contribution in [1.29, 1.82) is 0 Å². The third-order valence-corrected chi connectivity index (χ3v) is 2.92. The Morgan fingerprint density at radius 1 is 1.28 bits per heavy atom. The predicted octanol–water partition coefficient (Wildman–Crippen LogP) is 2.48. The minimum atomic E-state index is 0.856. The van der Waals surface area contributed by atoms with Crippen LogP contribution in [-0.4, -0.2) is 24.5 Å². The summed E-state index contributed by atoms with van der Waals surface area (Å²) in [6.07, 6.45) is 5.19. The van der Waals surface area contributed by atoms with Gasteiger partial charge in [0.2, 0.25) is 0 Å². The Balaban J connectivity index is 1.64. The van der Waals surface area contributed by atoms with E-state index in [1.165, 1.54) is 5.56 Å². The molecule has 0 aliphatic carbocycles. The average Bonchev–Trinajstić information content (AvgIpc) is 3.06. The van der Waals surface area contributed by atoms with E-state index in [0.717, 1.165) is 38.5 Å². The van der Waals surface area contributed by atoms with Gasteiger partial charge in [-0.1, -0.05) is 6.92 Å². The second kappa shape index (κ2) is 7.03. The van der Waals surface area contributed by atoms with Gasteiger partial charge in [-0.2, -0.15) is 0 Å². The molecule has 2 heterocycles. The lowest BCUT2D eigenvalue weighted by atomic mass is 10.3. The molecule has 0 unspecified atom stereocenters. The molecule has 0 radical (unpaired) electrons. The van der Waals surface area contributed by atoms with E-state index in [-0.39, 0.29) is 0 Å². The maximum Gasteiger partial charge on any atom is 0.117 e. The van der Waals surface area contributed by atoms with Gasteiger partial charge in [0.05, 0.1) is 25.3 Å². The Labute approximate surface area is 108 Å². The Morgan fingerprint density at radius 2 is 2.22 bits per heavy atom. The number of furan rings is 2. The summed E-state index contributed by atoms with van der Waals surface area (Å²) in [5.74, 6) is 1.02. The highest BCUT2D eigenvalue weighted by molar-refractivity contribution is 5.04. The zero-order valence-corrected chi connectivity index (χ0v) is 10.8. The third-order valence-electron chi connectivity index (χ3n) is 2.92. The molecule has 0 fully saturated rings. The summed E-state index contributed by atoms with van der Waals surface area (Å²) in [6.45, 7) is 6.88. The van der Waals surface area contributed by atoms with E-state index in [1.807, 2.05) is 18.2 Å². The summed E-state index contributed by atoms with van der Waals surface area (Å²) in [7, 11) is 0. The first-order valence-electron chi connectivity index (χ1n) is 6.35. The Bertz CT molecular complexity index is 409. The second-order valence-electron chi connectivity index (χ2n) is 4.26. The number of hydrogen-bond donors (Lipinski definition) is 1. The van der Waals surface area contributed by atoms with E-state index in [9.17, 15) is 0 Å². The summed E-state index contributed by atoms with van der Waals surface area (Å²) < 4.78 is 10.4. The fourth-order valence-electron chi connectivity index (χ4n) is 1.84. The van der Waals surface area contributed by atoms with Crippen LogP contribution in [0.1, 0.15) is 18.2 Å². The number of nitrogens with zero attached hydrogens (tertiary/aromatic N) is 1. The van der Waals surface area contributed by atoms with Crippen molar-refractivity contribution in [3.8, 4) is 0 Å². The predicted molar refractivity (Wildman–Crippen MR) is 70.1 cm³/mol. The van der Waals surface area contributed by atoms with Gasteiger partial charge in [-0.05, 0) is 24.7 Å². The number of likely N-dealkylation sites (N-methyl/N-ethyl adjacent to an activating group) is 1. The lowest BCUT2D eigenvalue weighted by molar-refractivity contribution is 0.255. The highest BCUT2D eigenvalue weighted by atomic mass is 16.3. The summed E-state index contributed by atoms with van der Waals surface area (Å²) in [5, 5.41) is 3.40. The molecule has 0 bridgehead atoms. The normalized spacial score (nSPS) is 11.2. The van der Waals surface area contributed by atoms with Gasteiger partial charge in [-0.25, -0.2) is 0 Å². The molecule has 98 valence electrons. The van der Waals surface area contributed by atoms with Gasteiger partial charge in [0.25, 0.3) is 0 Å². The number of hydrogen-bond acceptors (Lipinski definition) is 4. The van der Waals surface area contributed by atoms with Crippen molar-refractivity contribution < 1.29 is 8.83 Å². The number of rotatable bonds is 8. The molecule has 0 saturated carbocycles. The summed E-state index contributed by atoms with van der Waals surface area (Å²) in [5.41, 5.74) is 1.18. The average molecular weight is 248 g/mol. The molecule has 0 aliphatic rings. The van der Waals surface area contributed by atoms with Gasteiger partial charge < -0.3 is 14.2 Å². The van der Waals surface area contributed by atoms with Crippen LogP contribution in [0.5, 0.6) is 0 Å². The van der Waals surface area contributed by atoms with E-state index < -0.39 is 0 Å². The van der Waals surface area contributed by atoms with Crippen LogP contribution in [0, 0.1) is 0 Å². The minimum Gasteiger partial charge on any atom is -0.472 e. The molecule has 4 heteroatoms. The van der Waals surface area contributed by atoms with Gasteiger partial charge in [0, 0.05) is 25.2 Å². The van der Waals surface area contributed by atoms with Gasteiger partial charge >= 0.3 is 0 Å². The van der Waals surface area contributed by atoms with Crippen molar-refractivity contribution in [3.63, 3.8) is 0 Å². The topological polar surface area (TPSA) is 41.5 Å². The second-order valence-corrected chi connectivity index (χ2v) is 4.26. The lowest BCUT2D eigenvalue weighted by Gasteiger charge is -2.19. The molecule has 2 rings (SSSR count). The van der Waals surface area contributed by atoms with E-state index in [2.05, 4.69) is 17.1 Å². The molecule has 1 N–H and O–H groups in total. The fraction of sp³-hybridized carbons (Fsp3) is 0.429. The van der Waals surface area contributed by atoms with Crippen molar-refractivity contribution >= 4 is 0 Å². The van der Waals surface area contributed by atoms with Crippen LogP contribution < -0.4 is 5.32 Å². The van der Waals surface area contributed by atoms with Crippen LogP contribution in [0.2, 0.25) is 0 Å². The highest BCUT2D eigenvalue weighted by Gasteiger charge is 2.05. The molecule has 2 aromatic rings. The maximum absolute atomic E-state index is 5.36. The Morgan fingerprint density at radius 3 is 2.89 bits per heavy atom. The van der Waals surface area contributed by atoms with E-state index in [4.69, 9.17) is 8.83 Å². The van der Waals surface area contributed by atoms with Crippen LogP contribution in [0.15, 0.2) is 45.8 Å². The van der Waals surface area contributed by atoms with Gasteiger partial charge in [0.1, 0.15) is 5.76 Å². The Hall–Kier alpha value is -1.52. The molecular weight excluding hydrogens is 228 g/mol. The molecule has 4 nitrogen and oxygen atoms in total. The Kier molecular flexibility index (Phi) is 5.05. The van der Waals surface area contributed by atoms with Crippen LogP contribution in [-0.2, 0) is 13.1 Å². The van der Waals surface area contributed by atoms with Gasteiger partial charge in [-0.3, -0.25) is 4.90 Å². The SMILES string of the molecule is CCN(CCNCc1ccoc1)Cc1ccco1. The molecule has 18 heavy (non-hydrogen) atoms. The molecule has 0 atom stereocenters. The molecule has 0 aliphatic heterocycles. The maximum atomic E-state index is 5.36. The van der Waals surface area contributed by atoms with Crippen LogP contribution in [0.4, 0.5) is 0 Å². The highest BCUT2D eigenvalue weighted by Crippen LogP contribution is 2.04. The van der Waals surface area contributed by atoms with E-state index in [1.54, 1.807) is 18.8 Å². The third kappa shape index (κ3) is 4.05. The molecule has 0 spiro atoms. The molecule has 0 saturated heterocycles. The fourth-order valence-corrected chi connectivity index (χ4v) is 1.84. The number of nitrogens with one attached hydrogen (secondary N) is 1. The van der Waals surface area contributed by atoms with Crippen LogP contribution in [0.25, 0.3) is 0 Å². The minimum absolute atomic E-state index is 0.856. The van der Waals surface area contributed by atoms with Crippen molar-refractivity contribution in [3.05, 3.63) is 48.3 Å². The van der Waals surface area contributed by atoms with Gasteiger partial charge in [-0.15, -0.1) is 0 Å². The first kappa shape index (κ1) is 12.9. The largest absolute Gasteiger partial charge is 0.472 e. The van der Waals surface area contributed by atoms with Gasteiger partial charge in [0.15, 0.2) is 0 Å².